The Morgan fingerprint density at radius 2 is 2.00 bits per heavy atom. The van der Waals surface area contributed by atoms with Gasteiger partial charge in [0.05, 0.1) is 0 Å². The molecule has 0 atom stereocenters. The Morgan fingerprint density at radius 3 is 2.79 bits per heavy atom. The number of aliphatic imine (C=N–C) groups is 1. The first-order valence-corrected chi connectivity index (χ1v) is 9.05. The minimum absolute atomic E-state index is 0. The molecule has 152 valence electrons. The molecule has 1 aromatic carbocycles. The lowest BCUT2D eigenvalue weighted by Gasteiger charge is -2.12. The van der Waals surface area contributed by atoms with E-state index in [1.807, 2.05) is 19.1 Å². The van der Waals surface area contributed by atoms with Gasteiger partial charge in [0.15, 0.2) is 5.96 Å². The number of hydrogen-bond acceptors (Lipinski definition) is 2. The van der Waals surface area contributed by atoms with E-state index in [-0.39, 0.29) is 36.3 Å². The van der Waals surface area contributed by atoms with Crippen LogP contribution in [-0.4, -0.2) is 33.2 Å². The molecular weight excluding hydrogens is 477 g/mol. The molecule has 9 heteroatoms. The van der Waals surface area contributed by atoms with E-state index in [9.17, 15) is 8.78 Å². The average molecular weight is 502 g/mol. The zero-order chi connectivity index (χ0) is 19.1. The van der Waals surface area contributed by atoms with Gasteiger partial charge in [-0.2, -0.15) is 8.78 Å². The number of guanidine groups is 1. The second-order valence-corrected chi connectivity index (χ2v) is 6.07. The molecule has 0 radical (unpaired) electrons. The molecule has 2 N–H and O–H groups in total. The molecule has 2 heterocycles. The van der Waals surface area contributed by atoms with Crippen molar-refractivity contribution >= 4 is 40.8 Å². The molecule has 3 rings (SSSR count). The van der Waals surface area contributed by atoms with E-state index in [0.717, 1.165) is 24.1 Å². The first-order chi connectivity index (χ1) is 13.2. The zero-order valence-electron chi connectivity index (χ0n) is 15.7. The summed E-state index contributed by atoms with van der Waals surface area (Å²) in [4.78, 5) is 8.30. The van der Waals surface area contributed by atoms with E-state index in [0.29, 0.717) is 12.5 Å². The fourth-order valence-electron chi connectivity index (χ4n) is 2.93. The van der Waals surface area contributed by atoms with Gasteiger partial charge in [0.1, 0.15) is 12.4 Å². The van der Waals surface area contributed by atoms with Crippen LogP contribution < -0.4 is 10.6 Å². The summed E-state index contributed by atoms with van der Waals surface area (Å²) in [5.74, 6) is 0.833. The SMILES string of the molecule is CCNC(=NCc1nccn1C(F)F)NCCCn1ccc2ccccc21.I. The monoisotopic (exact) mass is 502 g/mol. The summed E-state index contributed by atoms with van der Waals surface area (Å²) in [7, 11) is 0. The van der Waals surface area contributed by atoms with Crippen LogP contribution in [0.3, 0.4) is 0 Å². The normalized spacial score (nSPS) is 11.6. The highest BCUT2D eigenvalue weighted by Crippen LogP contribution is 2.15. The topological polar surface area (TPSA) is 59.2 Å². The predicted molar refractivity (Wildman–Crippen MR) is 118 cm³/mol. The van der Waals surface area contributed by atoms with Crippen molar-refractivity contribution in [3.8, 4) is 0 Å². The van der Waals surface area contributed by atoms with Gasteiger partial charge in [0.25, 0.3) is 0 Å². The van der Waals surface area contributed by atoms with E-state index in [2.05, 4.69) is 49.6 Å². The average Bonchev–Trinajstić information content (AvgIpc) is 3.30. The fraction of sp³-hybridized carbons (Fsp3) is 0.368. The van der Waals surface area contributed by atoms with Gasteiger partial charge in [-0.3, -0.25) is 4.57 Å². The van der Waals surface area contributed by atoms with Crippen molar-refractivity contribution in [3.05, 3.63) is 54.7 Å². The van der Waals surface area contributed by atoms with Gasteiger partial charge in [-0.15, -0.1) is 24.0 Å². The van der Waals surface area contributed by atoms with Crippen LogP contribution in [0.2, 0.25) is 0 Å². The largest absolute Gasteiger partial charge is 0.357 e. The van der Waals surface area contributed by atoms with Gasteiger partial charge in [0, 0.05) is 43.7 Å². The maximum atomic E-state index is 12.9. The second kappa shape index (κ2) is 11.0. The van der Waals surface area contributed by atoms with Crippen molar-refractivity contribution in [2.75, 3.05) is 13.1 Å². The molecule has 0 aliphatic heterocycles. The minimum Gasteiger partial charge on any atom is -0.357 e. The summed E-state index contributed by atoms with van der Waals surface area (Å²) in [6.45, 7) is 1.75. The molecule has 0 unspecified atom stereocenters. The lowest BCUT2D eigenvalue weighted by molar-refractivity contribution is 0.0671. The van der Waals surface area contributed by atoms with E-state index in [4.69, 9.17) is 0 Å². The van der Waals surface area contributed by atoms with E-state index in [1.165, 1.54) is 23.3 Å². The highest BCUT2D eigenvalue weighted by Gasteiger charge is 2.10. The Hall–Kier alpha value is -2.17. The van der Waals surface area contributed by atoms with E-state index < -0.39 is 6.55 Å². The third-order valence-corrected chi connectivity index (χ3v) is 4.23. The van der Waals surface area contributed by atoms with Crippen molar-refractivity contribution in [2.24, 2.45) is 4.99 Å². The number of benzene rings is 1. The lowest BCUT2D eigenvalue weighted by atomic mass is 10.2. The number of aryl methyl sites for hydroxylation is 1. The van der Waals surface area contributed by atoms with Crippen LogP contribution in [0.15, 0.2) is 53.9 Å². The van der Waals surface area contributed by atoms with Gasteiger partial charge in [-0.1, -0.05) is 18.2 Å². The van der Waals surface area contributed by atoms with E-state index in [1.54, 1.807) is 0 Å². The Labute approximate surface area is 180 Å². The Bertz CT molecular complexity index is 889. The van der Waals surface area contributed by atoms with E-state index >= 15 is 0 Å². The number of alkyl halides is 2. The molecular formula is C19H25F2IN6. The molecule has 0 bridgehead atoms. The third kappa shape index (κ3) is 5.66. The molecule has 6 nitrogen and oxygen atoms in total. The van der Waals surface area contributed by atoms with Crippen LogP contribution in [0, 0.1) is 0 Å². The van der Waals surface area contributed by atoms with Crippen LogP contribution in [0.1, 0.15) is 25.7 Å². The van der Waals surface area contributed by atoms with Gasteiger partial charge < -0.3 is 15.2 Å². The number of nitrogens with zero attached hydrogens (tertiary/aromatic N) is 4. The number of fused-ring (bicyclic) bond motifs is 1. The highest BCUT2D eigenvalue weighted by atomic mass is 127. The van der Waals surface area contributed by atoms with Crippen LogP contribution in [0.5, 0.6) is 0 Å². The number of imidazole rings is 1. The van der Waals surface area contributed by atoms with Crippen LogP contribution in [0.4, 0.5) is 8.78 Å². The zero-order valence-corrected chi connectivity index (χ0v) is 18.0. The standard InChI is InChI=1S/C19H24F2N6.HI/c1-2-22-19(25-14-17-23-10-13-27(17)18(20)21)24-9-5-11-26-12-8-15-6-3-4-7-16(15)26;/h3-4,6-8,10,12-13,18H,2,5,9,11,14H2,1H3,(H2,22,24,25);1H. The van der Waals surface area contributed by atoms with Gasteiger partial charge in [0.2, 0.25) is 0 Å². The molecule has 0 aliphatic rings. The molecule has 0 aliphatic carbocycles. The minimum atomic E-state index is -2.61. The van der Waals surface area contributed by atoms with Crippen LogP contribution in [0.25, 0.3) is 10.9 Å². The quantitative estimate of drug-likeness (QED) is 0.212. The van der Waals surface area contributed by atoms with Gasteiger partial charge in [-0.05, 0) is 30.9 Å². The molecule has 0 fully saturated rings. The fourth-order valence-corrected chi connectivity index (χ4v) is 2.93. The van der Waals surface area contributed by atoms with Crippen molar-refractivity contribution in [2.45, 2.75) is 33.0 Å². The molecule has 2 aromatic heterocycles. The number of hydrogen-bond donors (Lipinski definition) is 2. The predicted octanol–water partition coefficient (Wildman–Crippen LogP) is 4.00. The number of halogens is 3. The molecule has 28 heavy (non-hydrogen) atoms. The summed E-state index contributed by atoms with van der Waals surface area (Å²) in [6, 6.07) is 10.4. The molecule has 0 amide bonds. The maximum absolute atomic E-state index is 12.9. The Morgan fingerprint density at radius 1 is 1.18 bits per heavy atom. The molecule has 0 saturated carbocycles. The molecule has 0 spiro atoms. The second-order valence-electron chi connectivity index (χ2n) is 6.07. The smallest absolute Gasteiger partial charge is 0.319 e. The summed E-state index contributed by atoms with van der Waals surface area (Å²) >= 11 is 0. The summed E-state index contributed by atoms with van der Waals surface area (Å²) < 4.78 is 28.8. The summed E-state index contributed by atoms with van der Waals surface area (Å²) in [6.07, 6.45) is 5.62. The van der Waals surface area contributed by atoms with Crippen molar-refractivity contribution < 1.29 is 8.78 Å². The maximum Gasteiger partial charge on any atom is 0.319 e. The van der Waals surface area contributed by atoms with Crippen molar-refractivity contribution in [3.63, 3.8) is 0 Å². The van der Waals surface area contributed by atoms with Crippen molar-refractivity contribution in [1.82, 2.24) is 24.8 Å². The number of para-hydroxylation sites is 1. The first-order valence-electron chi connectivity index (χ1n) is 9.05. The molecule has 0 saturated heterocycles. The van der Waals surface area contributed by atoms with Gasteiger partial charge in [-0.25, -0.2) is 9.98 Å². The Balaban J connectivity index is 0.00000280. The summed E-state index contributed by atoms with van der Waals surface area (Å²) in [5, 5.41) is 7.60. The van der Waals surface area contributed by atoms with Crippen LogP contribution >= 0.6 is 24.0 Å². The number of nitrogens with one attached hydrogen (secondary N) is 2. The first kappa shape index (κ1) is 22.1. The Kier molecular flexibility index (Phi) is 8.68. The summed E-state index contributed by atoms with van der Waals surface area (Å²) in [5.41, 5.74) is 1.22. The van der Waals surface area contributed by atoms with Gasteiger partial charge >= 0.3 is 6.55 Å². The number of aromatic nitrogens is 3. The lowest BCUT2D eigenvalue weighted by Crippen LogP contribution is -2.38. The third-order valence-electron chi connectivity index (χ3n) is 4.23. The molecule has 3 aromatic rings. The van der Waals surface area contributed by atoms with Crippen molar-refractivity contribution in [1.29, 1.82) is 0 Å². The number of rotatable bonds is 8. The van der Waals surface area contributed by atoms with Crippen LogP contribution in [-0.2, 0) is 13.1 Å². The highest BCUT2D eigenvalue weighted by molar-refractivity contribution is 14.0.